The van der Waals surface area contributed by atoms with Crippen molar-refractivity contribution in [2.24, 2.45) is 11.8 Å². The fraction of sp³-hybridized carbons (Fsp3) is 0.294. The molecule has 110 valence electrons. The molecule has 1 fully saturated rings. The van der Waals surface area contributed by atoms with Crippen molar-refractivity contribution >= 4 is 11.6 Å². The first-order chi connectivity index (χ1) is 10.3. The summed E-state index contributed by atoms with van der Waals surface area (Å²) in [6.45, 7) is 0.562. The van der Waals surface area contributed by atoms with Crippen molar-refractivity contribution in [2.75, 3.05) is 6.61 Å². The third-order valence-corrected chi connectivity index (χ3v) is 4.29. The van der Waals surface area contributed by atoms with E-state index in [4.69, 9.17) is 22.2 Å². The zero-order chi connectivity index (χ0) is 14.7. The lowest BCUT2D eigenvalue weighted by atomic mass is 10.1. The zero-order valence-corrected chi connectivity index (χ0v) is 12.5. The van der Waals surface area contributed by atoms with Crippen molar-refractivity contribution in [3.63, 3.8) is 0 Å². The Bertz CT molecular complexity index is 573. The van der Waals surface area contributed by atoms with Crippen molar-refractivity contribution in [1.29, 1.82) is 0 Å². The van der Waals surface area contributed by atoms with Crippen LogP contribution in [0.25, 0.3) is 0 Å². The minimum atomic E-state index is 0.158. The summed E-state index contributed by atoms with van der Waals surface area (Å²) in [6.07, 6.45) is 1.16. The van der Waals surface area contributed by atoms with Gasteiger partial charge in [-0.05, 0) is 48.1 Å². The van der Waals surface area contributed by atoms with Gasteiger partial charge in [0.2, 0.25) is 0 Å². The Morgan fingerprint density at radius 1 is 1.14 bits per heavy atom. The standard InChI is InChI=1S/C17H19ClN2O/c18-13-6-8-14(9-7-13)21-11-17(20-19)16-10-15(16)12-4-2-1-3-5-12/h1-9,15-17,20H,10-11,19H2. The predicted octanol–water partition coefficient (Wildman–Crippen LogP) is 3.35. The smallest absolute Gasteiger partial charge is 0.119 e. The molecule has 3 unspecified atom stereocenters. The van der Waals surface area contributed by atoms with Crippen LogP contribution in [0.4, 0.5) is 0 Å². The molecule has 3 nitrogen and oxygen atoms in total. The number of halogens is 1. The van der Waals surface area contributed by atoms with E-state index in [-0.39, 0.29) is 6.04 Å². The minimum absolute atomic E-state index is 0.158. The summed E-state index contributed by atoms with van der Waals surface area (Å²) in [5.74, 6) is 7.62. The molecule has 1 aliphatic carbocycles. The van der Waals surface area contributed by atoms with Gasteiger partial charge in [0.15, 0.2) is 0 Å². The van der Waals surface area contributed by atoms with Crippen molar-refractivity contribution in [1.82, 2.24) is 5.43 Å². The van der Waals surface area contributed by atoms with E-state index in [9.17, 15) is 0 Å². The van der Waals surface area contributed by atoms with Crippen molar-refractivity contribution < 1.29 is 4.74 Å². The Kier molecular flexibility index (Phi) is 4.44. The summed E-state index contributed by atoms with van der Waals surface area (Å²) in [6, 6.07) is 18.1. The molecule has 4 heteroatoms. The zero-order valence-electron chi connectivity index (χ0n) is 11.7. The van der Waals surface area contributed by atoms with Crippen LogP contribution in [0.1, 0.15) is 17.9 Å². The van der Waals surface area contributed by atoms with E-state index in [1.807, 2.05) is 30.3 Å². The van der Waals surface area contributed by atoms with Crippen molar-refractivity contribution in [2.45, 2.75) is 18.4 Å². The van der Waals surface area contributed by atoms with Crippen LogP contribution in [0.3, 0.4) is 0 Å². The number of hydrogen-bond acceptors (Lipinski definition) is 3. The number of rotatable bonds is 6. The molecule has 3 N–H and O–H groups in total. The highest BCUT2D eigenvalue weighted by atomic mass is 35.5. The SMILES string of the molecule is NNC(COc1ccc(Cl)cc1)C1CC1c1ccccc1. The first kappa shape index (κ1) is 14.4. The molecule has 21 heavy (non-hydrogen) atoms. The summed E-state index contributed by atoms with van der Waals surface area (Å²) in [5, 5.41) is 0.710. The number of benzene rings is 2. The Labute approximate surface area is 130 Å². The van der Waals surface area contributed by atoms with Crippen LogP contribution < -0.4 is 16.0 Å². The van der Waals surface area contributed by atoms with Gasteiger partial charge in [-0.2, -0.15) is 0 Å². The lowest BCUT2D eigenvalue weighted by Crippen LogP contribution is -2.41. The van der Waals surface area contributed by atoms with Gasteiger partial charge < -0.3 is 4.74 Å². The third kappa shape index (κ3) is 3.56. The molecule has 0 saturated heterocycles. The average Bonchev–Trinajstić information content (AvgIpc) is 3.31. The molecular weight excluding hydrogens is 284 g/mol. The van der Waals surface area contributed by atoms with Gasteiger partial charge in [-0.25, -0.2) is 0 Å². The summed E-state index contributed by atoms with van der Waals surface area (Å²) in [5.41, 5.74) is 4.28. The van der Waals surface area contributed by atoms with Gasteiger partial charge in [-0.1, -0.05) is 41.9 Å². The maximum absolute atomic E-state index is 5.86. The second-order valence-corrected chi connectivity index (χ2v) is 5.89. The minimum Gasteiger partial charge on any atom is -0.492 e. The van der Waals surface area contributed by atoms with Gasteiger partial charge in [0, 0.05) is 5.02 Å². The molecule has 0 spiro atoms. The van der Waals surface area contributed by atoms with Crippen LogP contribution in [0.15, 0.2) is 54.6 Å². The first-order valence-electron chi connectivity index (χ1n) is 7.17. The van der Waals surface area contributed by atoms with Gasteiger partial charge >= 0.3 is 0 Å². The van der Waals surface area contributed by atoms with Crippen LogP contribution in [-0.2, 0) is 0 Å². The molecule has 3 atom stereocenters. The molecule has 2 aromatic carbocycles. The predicted molar refractivity (Wildman–Crippen MR) is 85.3 cm³/mol. The largest absolute Gasteiger partial charge is 0.492 e. The maximum Gasteiger partial charge on any atom is 0.119 e. The monoisotopic (exact) mass is 302 g/mol. The molecular formula is C17H19ClN2O. The first-order valence-corrected chi connectivity index (χ1v) is 7.55. The van der Waals surface area contributed by atoms with E-state index in [0.717, 1.165) is 12.2 Å². The summed E-state index contributed by atoms with van der Waals surface area (Å²) < 4.78 is 5.80. The number of nitrogens with two attached hydrogens (primary N) is 1. The topological polar surface area (TPSA) is 47.3 Å². The van der Waals surface area contributed by atoms with Crippen LogP contribution in [0.2, 0.25) is 5.02 Å². The highest BCUT2D eigenvalue weighted by Gasteiger charge is 2.43. The number of hydrogen-bond donors (Lipinski definition) is 2. The van der Waals surface area contributed by atoms with E-state index >= 15 is 0 Å². The second kappa shape index (κ2) is 6.48. The molecule has 0 amide bonds. The molecule has 3 rings (SSSR count). The molecule has 0 aromatic heterocycles. The van der Waals surface area contributed by atoms with Gasteiger partial charge in [0.1, 0.15) is 12.4 Å². The van der Waals surface area contributed by atoms with E-state index in [1.165, 1.54) is 5.56 Å². The Balaban J connectivity index is 1.56. The second-order valence-electron chi connectivity index (χ2n) is 5.45. The van der Waals surface area contributed by atoms with E-state index < -0.39 is 0 Å². The normalized spacial score (nSPS) is 21.8. The number of nitrogens with one attached hydrogen (secondary N) is 1. The molecule has 1 saturated carbocycles. The van der Waals surface area contributed by atoms with Gasteiger partial charge in [0.25, 0.3) is 0 Å². The lowest BCUT2D eigenvalue weighted by Gasteiger charge is -2.17. The molecule has 0 heterocycles. The Morgan fingerprint density at radius 3 is 2.52 bits per heavy atom. The number of hydrazine groups is 1. The summed E-state index contributed by atoms with van der Waals surface area (Å²) in [7, 11) is 0. The maximum atomic E-state index is 5.86. The molecule has 0 radical (unpaired) electrons. The van der Waals surface area contributed by atoms with Crippen molar-refractivity contribution in [3.05, 3.63) is 65.2 Å². The van der Waals surface area contributed by atoms with E-state index in [2.05, 4.69) is 29.7 Å². The Morgan fingerprint density at radius 2 is 1.86 bits per heavy atom. The quantitative estimate of drug-likeness (QED) is 0.635. The van der Waals surface area contributed by atoms with Gasteiger partial charge in [-0.15, -0.1) is 0 Å². The van der Waals surface area contributed by atoms with Crippen LogP contribution in [0, 0.1) is 5.92 Å². The summed E-state index contributed by atoms with van der Waals surface area (Å²) >= 11 is 5.86. The molecule has 2 aromatic rings. The summed E-state index contributed by atoms with van der Waals surface area (Å²) in [4.78, 5) is 0. The van der Waals surface area contributed by atoms with Gasteiger partial charge in [-0.3, -0.25) is 11.3 Å². The van der Waals surface area contributed by atoms with Crippen LogP contribution in [-0.4, -0.2) is 12.6 Å². The fourth-order valence-electron chi connectivity index (χ4n) is 2.75. The third-order valence-electron chi connectivity index (χ3n) is 4.04. The highest BCUT2D eigenvalue weighted by Crippen LogP contribution is 2.49. The van der Waals surface area contributed by atoms with Crippen LogP contribution >= 0.6 is 11.6 Å². The Hall–Kier alpha value is -1.55. The molecule has 1 aliphatic rings. The van der Waals surface area contributed by atoms with Crippen molar-refractivity contribution in [3.8, 4) is 5.75 Å². The van der Waals surface area contributed by atoms with Crippen LogP contribution in [0.5, 0.6) is 5.75 Å². The lowest BCUT2D eigenvalue weighted by molar-refractivity contribution is 0.248. The molecule has 0 bridgehead atoms. The average molecular weight is 303 g/mol. The fourth-order valence-corrected chi connectivity index (χ4v) is 2.88. The number of ether oxygens (including phenoxy) is 1. The highest BCUT2D eigenvalue weighted by molar-refractivity contribution is 6.30. The van der Waals surface area contributed by atoms with Gasteiger partial charge in [0.05, 0.1) is 6.04 Å². The molecule has 0 aliphatic heterocycles. The van der Waals surface area contributed by atoms with E-state index in [1.54, 1.807) is 0 Å². The van der Waals surface area contributed by atoms with E-state index in [0.29, 0.717) is 23.5 Å².